The first-order chi connectivity index (χ1) is 10.9. The predicted molar refractivity (Wildman–Crippen MR) is 91.2 cm³/mol. The number of carbonyl (C=O) groups is 1. The van der Waals surface area contributed by atoms with Crippen LogP contribution in [0.3, 0.4) is 0 Å². The molecule has 0 aliphatic carbocycles. The van der Waals surface area contributed by atoms with Crippen LogP contribution in [0, 0.1) is 13.8 Å². The maximum absolute atomic E-state index is 11.7. The van der Waals surface area contributed by atoms with Gasteiger partial charge in [0.25, 0.3) is 5.91 Å². The van der Waals surface area contributed by atoms with E-state index in [4.69, 9.17) is 11.5 Å². The SMILES string of the molecule is Cc1ccc(O)c(C)c1-c1c(N)c(C(N)=O)nc2ccccc12. The van der Waals surface area contributed by atoms with Crippen LogP contribution in [0.4, 0.5) is 5.69 Å². The number of para-hydroxylation sites is 1. The highest BCUT2D eigenvalue weighted by Gasteiger charge is 2.20. The van der Waals surface area contributed by atoms with Crippen LogP contribution in [0.15, 0.2) is 36.4 Å². The van der Waals surface area contributed by atoms with Crippen molar-refractivity contribution in [3.63, 3.8) is 0 Å². The number of pyridine rings is 1. The monoisotopic (exact) mass is 307 g/mol. The molecule has 1 amide bonds. The molecule has 0 fully saturated rings. The second kappa shape index (κ2) is 5.28. The zero-order valence-electron chi connectivity index (χ0n) is 12.9. The van der Waals surface area contributed by atoms with Crippen molar-refractivity contribution in [3.8, 4) is 16.9 Å². The zero-order chi connectivity index (χ0) is 16.7. The number of carbonyl (C=O) groups excluding carboxylic acids is 1. The van der Waals surface area contributed by atoms with Gasteiger partial charge in [0.15, 0.2) is 5.69 Å². The van der Waals surface area contributed by atoms with Crippen molar-refractivity contribution in [2.45, 2.75) is 13.8 Å². The summed E-state index contributed by atoms with van der Waals surface area (Å²) >= 11 is 0. The number of phenols is 1. The molecule has 0 saturated carbocycles. The highest BCUT2D eigenvalue weighted by molar-refractivity contribution is 6.09. The van der Waals surface area contributed by atoms with E-state index < -0.39 is 5.91 Å². The normalized spacial score (nSPS) is 10.9. The number of aromatic nitrogens is 1. The third kappa shape index (κ3) is 2.26. The van der Waals surface area contributed by atoms with Crippen LogP contribution in [0.5, 0.6) is 5.75 Å². The largest absolute Gasteiger partial charge is 0.508 e. The summed E-state index contributed by atoms with van der Waals surface area (Å²) in [4.78, 5) is 16.0. The molecule has 3 rings (SSSR count). The zero-order valence-corrected chi connectivity index (χ0v) is 12.9. The lowest BCUT2D eigenvalue weighted by Crippen LogP contribution is -2.16. The molecule has 116 valence electrons. The fourth-order valence-electron chi connectivity index (χ4n) is 2.90. The van der Waals surface area contributed by atoms with Gasteiger partial charge in [0.2, 0.25) is 0 Å². The Kier molecular flexibility index (Phi) is 3.41. The first-order valence-electron chi connectivity index (χ1n) is 7.19. The number of nitrogens with zero attached hydrogens (tertiary/aromatic N) is 1. The summed E-state index contributed by atoms with van der Waals surface area (Å²) < 4.78 is 0. The van der Waals surface area contributed by atoms with Gasteiger partial charge in [0.05, 0.1) is 11.2 Å². The number of nitrogens with two attached hydrogens (primary N) is 2. The topological polar surface area (TPSA) is 102 Å². The molecule has 0 saturated heterocycles. The minimum absolute atomic E-state index is 0.0424. The molecular formula is C18H17N3O2. The molecule has 0 atom stereocenters. The van der Waals surface area contributed by atoms with E-state index in [1.807, 2.05) is 38.1 Å². The average Bonchev–Trinajstić information content (AvgIpc) is 2.52. The van der Waals surface area contributed by atoms with E-state index in [1.165, 1.54) is 0 Å². The molecule has 0 unspecified atom stereocenters. The summed E-state index contributed by atoms with van der Waals surface area (Å²) in [6, 6.07) is 10.9. The van der Waals surface area contributed by atoms with Gasteiger partial charge in [-0.25, -0.2) is 4.98 Å². The lowest BCUT2D eigenvalue weighted by atomic mass is 9.90. The average molecular weight is 307 g/mol. The first-order valence-corrected chi connectivity index (χ1v) is 7.19. The van der Waals surface area contributed by atoms with Crippen LogP contribution in [-0.4, -0.2) is 16.0 Å². The number of aromatic hydroxyl groups is 1. The maximum atomic E-state index is 11.7. The molecule has 23 heavy (non-hydrogen) atoms. The molecule has 1 heterocycles. The Morgan fingerprint density at radius 3 is 2.48 bits per heavy atom. The van der Waals surface area contributed by atoms with E-state index in [-0.39, 0.29) is 17.1 Å². The first kappa shape index (κ1) is 14.8. The van der Waals surface area contributed by atoms with Gasteiger partial charge in [-0.2, -0.15) is 0 Å². The Balaban J connectivity index is 2.53. The van der Waals surface area contributed by atoms with Crippen molar-refractivity contribution >= 4 is 22.5 Å². The van der Waals surface area contributed by atoms with Crippen LogP contribution in [-0.2, 0) is 0 Å². The van der Waals surface area contributed by atoms with Crippen LogP contribution >= 0.6 is 0 Å². The molecule has 0 spiro atoms. The Labute approximate surface area is 133 Å². The van der Waals surface area contributed by atoms with Gasteiger partial charge in [-0.1, -0.05) is 24.3 Å². The van der Waals surface area contributed by atoms with Gasteiger partial charge in [-0.3, -0.25) is 4.79 Å². The van der Waals surface area contributed by atoms with E-state index in [1.54, 1.807) is 12.1 Å². The van der Waals surface area contributed by atoms with Crippen molar-refractivity contribution in [1.82, 2.24) is 4.98 Å². The minimum Gasteiger partial charge on any atom is -0.508 e. The molecule has 2 aromatic carbocycles. The standard InChI is InChI=1S/C18H17N3O2/c1-9-7-8-13(22)10(2)14(9)15-11-5-3-4-6-12(11)21-17(16(15)19)18(20)23/h3-8,22H,19H2,1-2H3,(H2,20,23). The van der Waals surface area contributed by atoms with Crippen molar-refractivity contribution in [2.75, 3.05) is 5.73 Å². The second-order valence-corrected chi connectivity index (χ2v) is 5.53. The van der Waals surface area contributed by atoms with Gasteiger partial charge >= 0.3 is 0 Å². The van der Waals surface area contributed by atoms with E-state index in [0.717, 1.165) is 16.5 Å². The van der Waals surface area contributed by atoms with Gasteiger partial charge in [-0.15, -0.1) is 0 Å². The fraction of sp³-hybridized carbons (Fsp3) is 0.111. The number of anilines is 1. The minimum atomic E-state index is -0.676. The number of nitrogen functional groups attached to an aromatic ring is 1. The number of primary amides is 1. The van der Waals surface area contributed by atoms with Crippen LogP contribution in [0.1, 0.15) is 21.6 Å². The van der Waals surface area contributed by atoms with Gasteiger partial charge in [-0.05, 0) is 42.7 Å². The number of phenolic OH excluding ortho intramolecular Hbond substituents is 1. The van der Waals surface area contributed by atoms with Gasteiger partial charge in [0.1, 0.15) is 5.75 Å². The summed E-state index contributed by atoms with van der Waals surface area (Å²) in [5.74, 6) is -0.503. The number of benzene rings is 2. The van der Waals surface area contributed by atoms with Crippen molar-refractivity contribution in [3.05, 3.63) is 53.2 Å². The van der Waals surface area contributed by atoms with E-state index in [9.17, 15) is 9.90 Å². The predicted octanol–water partition coefficient (Wildman–Crippen LogP) is 2.91. The Morgan fingerprint density at radius 1 is 1.09 bits per heavy atom. The molecule has 0 bridgehead atoms. The number of hydrogen-bond donors (Lipinski definition) is 3. The second-order valence-electron chi connectivity index (χ2n) is 5.53. The van der Waals surface area contributed by atoms with E-state index in [0.29, 0.717) is 16.6 Å². The van der Waals surface area contributed by atoms with Crippen molar-refractivity contribution in [1.29, 1.82) is 0 Å². The quantitative estimate of drug-likeness (QED) is 0.677. The van der Waals surface area contributed by atoms with Gasteiger partial charge in [0, 0.05) is 10.9 Å². The van der Waals surface area contributed by atoms with Crippen LogP contribution in [0.2, 0.25) is 0 Å². The van der Waals surface area contributed by atoms with Crippen molar-refractivity contribution < 1.29 is 9.90 Å². The maximum Gasteiger partial charge on any atom is 0.269 e. The van der Waals surface area contributed by atoms with E-state index in [2.05, 4.69) is 4.98 Å². The molecule has 0 radical (unpaired) electrons. The molecule has 0 aliphatic rings. The fourth-order valence-corrected chi connectivity index (χ4v) is 2.90. The Hall–Kier alpha value is -3.08. The Bertz CT molecular complexity index is 949. The molecule has 5 N–H and O–H groups in total. The molecule has 3 aromatic rings. The molecular weight excluding hydrogens is 290 g/mol. The number of hydrogen-bond acceptors (Lipinski definition) is 4. The highest BCUT2D eigenvalue weighted by atomic mass is 16.3. The van der Waals surface area contributed by atoms with Crippen LogP contribution < -0.4 is 11.5 Å². The third-order valence-corrected chi connectivity index (χ3v) is 4.06. The lowest BCUT2D eigenvalue weighted by Gasteiger charge is -2.17. The third-order valence-electron chi connectivity index (χ3n) is 4.06. The number of rotatable bonds is 2. The summed E-state index contributed by atoms with van der Waals surface area (Å²) in [5, 5.41) is 10.9. The summed E-state index contributed by atoms with van der Waals surface area (Å²) in [5.41, 5.74) is 15.7. The molecule has 1 aromatic heterocycles. The van der Waals surface area contributed by atoms with E-state index >= 15 is 0 Å². The van der Waals surface area contributed by atoms with Crippen LogP contribution in [0.25, 0.3) is 22.0 Å². The summed E-state index contributed by atoms with van der Waals surface area (Å²) in [6.45, 7) is 3.75. The Morgan fingerprint density at radius 2 is 1.78 bits per heavy atom. The molecule has 5 nitrogen and oxygen atoms in total. The lowest BCUT2D eigenvalue weighted by molar-refractivity contribution is 0.0997. The highest BCUT2D eigenvalue weighted by Crippen LogP contribution is 2.40. The molecule has 0 aliphatic heterocycles. The van der Waals surface area contributed by atoms with Gasteiger partial charge < -0.3 is 16.6 Å². The summed E-state index contributed by atoms with van der Waals surface area (Å²) in [6.07, 6.45) is 0. The number of aryl methyl sites for hydroxylation is 1. The molecule has 5 heteroatoms. The smallest absolute Gasteiger partial charge is 0.269 e. The van der Waals surface area contributed by atoms with Crippen molar-refractivity contribution in [2.24, 2.45) is 5.73 Å². The number of fused-ring (bicyclic) bond motifs is 1. The summed E-state index contributed by atoms with van der Waals surface area (Å²) in [7, 11) is 0. The number of amides is 1.